The topological polar surface area (TPSA) is 149 Å². The predicted octanol–water partition coefficient (Wildman–Crippen LogP) is 0.656. The molecule has 5 saturated carbocycles. The third kappa shape index (κ3) is 3.80. The number of esters is 4. The molecule has 37 heavy (non-hydrogen) atoms. The Hall–Kier alpha value is -2.21. The maximum absolute atomic E-state index is 12.9. The van der Waals surface area contributed by atoms with Crippen molar-refractivity contribution in [2.24, 2.45) is 71.0 Å². The largest absolute Gasteiger partial charge is 0.469 e. The fraction of sp³-hybridized carbons (Fsp3) is 0.840. The molecule has 0 aromatic heterocycles. The molecule has 12 unspecified atom stereocenters. The van der Waals surface area contributed by atoms with Crippen molar-refractivity contribution >= 4 is 34.0 Å². The summed E-state index contributed by atoms with van der Waals surface area (Å²) in [5.74, 6) is -6.78. The first kappa shape index (κ1) is 26.4. The minimum atomic E-state index is -3.91. The van der Waals surface area contributed by atoms with E-state index in [1.165, 1.54) is 28.4 Å². The summed E-state index contributed by atoms with van der Waals surface area (Å²) in [6.45, 7) is 0. The Bertz CT molecular complexity index is 1030. The van der Waals surface area contributed by atoms with Crippen LogP contribution in [-0.2, 0) is 52.4 Å². The SMILES string of the molecule is COC(=O)C1C2CC(C1C(=O)OC)C1C2CC2C3CC(C(C(=O)OC)C3C(=O)OC)C2C1OS(C)(=O)=O. The molecule has 5 rings (SSSR count). The molecule has 0 aromatic carbocycles. The van der Waals surface area contributed by atoms with Crippen molar-refractivity contribution < 1.29 is 50.7 Å². The molecule has 0 heterocycles. The van der Waals surface area contributed by atoms with Crippen LogP contribution in [0.2, 0.25) is 0 Å². The van der Waals surface area contributed by atoms with Gasteiger partial charge in [0.15, 0.2) is 0 Å². The predicted molar refractivity (Wildman–Crippen MR) is 124 cm³/mol. The van der Waals surface area contributed by atoms with E-state index < -0.39 is 63.8 Å². The quantitative estimate of drug-likeness (QED) is 0.265. The van der Waals surface area contributed by atoms with Gasteiger partial charge in [-0.2, -0.15) is 8.42 Å². The molecule has 206 valence electrons. The molecule has 5 aliphatic carbocycles. The first-order chi connectivity index (χ1) is 17.5. The van der Waals surface area contributed by atoms with Crippen molar-refractivity contribution in [3.05, 3.63) is 0 Å². The van der Waals surface area contributed by atoms with Crippen LogP contribution in [0.15, 0.2) is 0 Å². The smallest absolute Gasteiger partial charge is 0.309 e. The Balaban J connectivity index is 1.58. The summed E-state index contributed by atoms with van der Waals surface area (Å²) in [7, 11) is 1.21. The fourth-order valence-electron chi connectivity index (χ4n) is 9.53. The Morgan fingerprint density at radius 1 is 0.541 bits per heavy atom. The lowest BCUT2D eigenvalue weighted by Crippen LogP contribution is -2.57. The Labute approximate surface area is 216 Å². The molecule has 0 radical (unpaired) electrons. The summed E-state index contributed by atoms with van der Waals surface area (Å²) < 4.78 is 51.1. The number of carbonyl (C=O) groups excluding carboxylic acids is 4. The molecule has 0 aromatic rings. The molecule has 12 heteroatoms. The zero-order valence-electron chi connectivity index (χ0n) is 21.5. The molecular formula is C25H34O11S. The Kier molecular flexibility index (Phi) is 6.57. The second kappa shape index (κ2) is 9.21. The highest BCUT2D eigenvalue weighted by molar-refractivity contribution is 7.86. The molecular weight excluding hydrogens is 508 g/mol. The Morgan fingerprint density at radius 2 is 0.838 bits per heavy atom. The van der Waals surface area contributed by atoms with Crippen LogP contribution in [0, 0.1) is 71.0 Å². The number of methoxy groups -OCH3 is 4. The van der Waals surface area contributed by atoms with Crippen LogP contribution in [0.4, 0.5) is 0 Å². The van der Waals surface area contributed by atoms with Crippen LogP contribution in [0.3, 0.4) is 0 Å². The molecule has 0 spiro atoms. The van der Waals surface area contributed by atoms with Crippen LogP contribution in [0.25, 0.3) is 0 Å². The van der Waals surface area contributed by atoms with Gasteiger partial charge >= 0.3 is 23.9 Å². The van der Waals surface area contributed by atoms with Gasteiger partial charge in [-0.1, -0.05) is 0 Å². The average molecular weight is 543 g/mol. The van der Waals surface area contributed by atoms with Crippen LogP contribution in [-0.4, -0.2) is 73.1 Å². The zero-order chi connectivity index (χ0) is 27.0. The lowest BCUT2D eigenvalue weighted by atomic mass is 9.53. The number of hydrogen-bond acceptors (Lipinski definition) is 11. The van der Waals surface area contributed by atoms with Crippen molar-refractivity contribution in [1.29, 1.82) is 0 Å². The van der Waals surface area contributed by atoms with Gasteiger partial charge in [0.1, 0.15) is 0 Å². The van der Waals surface area contributed by atoms with Gasteiger partial charge < -0.3 is 18.9 Å². The maximum Gasteiger partial charge on any atom is 0.309 e. The maximum atomic E-state index is 12.9. The van der Waals surface area contributed by atoms with E-state index in [-0.39, 0.29) is 47.3 Å². The van der Waals surface area contributed by atoms with Crippen molar-refractivity contribution in [1.82, 2.24) is 0 Å². The van der Waals surface area contributed by atoms with Gasteiger partial charge in [0.2, 0.25) is 0 Å². The standard InChI is InChI=1S/C25H34O11S/c1-32-22(26)17-11-7-13(19(17)24(28)34-3)15-9(11)6-10-12-8-14(16(10)21(15)36-37(5,30)31)20(25(29)35-4)18(12)23(27)33-2/h9-21H,6-8H2,1-5H3. The monoisotopic (exact) mass is 542 g/mol. The van der Waals surface area contributed by atoms with Crippen LogP contribution < -0.4 is 0 Å². The molecule has 11 nitrogen and oxygen atoms in total. The third-order valence-corrected chi connectivity index (χ3v) is 10.8. The normalized spacial score (nSPS) is 45.1. The Morgan fingerprint density at radius 3 is 1.14 bits per heavy atom. The first-order valence-electron chi connectivity index (χ1n) is 12.7. The highest BCUT2D eigenvalue weighted by Gasteiger charge is 2.73. The zero-order valence-corrected chi connectivity index (χ0v) is 22.3. The van der Waals surface area contributed by atoms with Crippen LogP contribution in [0.1, 0.15) is 19.3 Å². The minimum Gasteiger partial charge on any atom is -0.469 e. The van der Waals surface area contributed by atoms with E-state index >= 15 is 0 Å². The van der Waals surface area contributed by atoms with Crippen LogP contribution >= 0.6 is 0 Å². The van der Waals surface area contributed by atoms with Gasteiger partial charge in [-0.3, -0.25) is 23.4 Å². The lowest BCUT2D eigenvalue weighted by Gasteiger charge is -2.53. The van der Waals surface area contributed by atoms with Gasteiger partial charge in [-0.15, -0.1) is 0 Å². The second-order valence-corrected chi connectivity index (χ2v) is 12.9. The summed E-state index contributed by atoms with van der Waals surface area (Å²) in [6, 6.07) is 0. The molecule has 0 N–H and O–H groups in total. The molecule has 4 bridgehead atoms. The fourth-order valence-corrected chi connectivity index (χ4v) is 10.2. The summed E-state index contributed by atoms with van der Waals surface area (Å²) >= 11 is 0. The molecule has 0 amide bonds. The van der Waals surface area contributed by atoms with Crippen molar-refractivity contribution in [3.8, 4) is 0 Å². The first-order valence-corrected chi connectivity index (χ1v) is 14.5. The third-order valence-electron chi connectivity index (χ3n) is 10.3. The van der Waals surface area contributed by atoms with Gasteiger partial charge in [0.05, 0.1) is 64.5 Å². The molecule has 0 aliphatic heterocycles. The number of rotatable bonds is 6. The lowest BCUT2D eigenvalue weighted by molar-refractivity contribution is -0.176. The molecule has 5 aliphatic rings. The highest BCUT2D eigenvalue weighted by Crippen LogP contribution is 2.71. The van der Waals surface area contributed by atoms with E-state index in [1.807, 2.05) is 0 Å². The minimum absolute atomic E-state index is 0.0998. The molecule has 0 saturated heterocycles. The number of carbonyl (C=O) groups is 4. The summed E-state index contributed by atoms with van der Waals surface area (Å²) in [6.07, 6.45) is 1.95. The van der Waals surface area contributed by atoms with E-state index in [4.69, 9.17) is 23.1 Å². The van der Waals surface area contributed by atoms with E-state index in [2.05, 4.69) is 0 Å². The molecule has 5 fully saturated rings. The van der Waals surface area contributed by atoms with E-state index in [0.717, 1.165) is 6.26 Å². The summed E-state index contributed by atoms with van der Waals surface area (Å²) in [5.41, 5.74) is 0. The number of fused-ring (bicyclic) bond motifs is 10. The van der Waals surface area contributed by atoms with Gasteiger partial charge in [0, 0.05) is 0 Å². The molecule has 12 atom stereocenters. The highest BCUT2D eigenvalue weighted by atomic mass is 32.2. The van der Waals surface area contributed by atoms with Gasteiger partial charge in [-0.05, 0) is 66.6 Å². The number of ether oxygens (including phenoxy) is 4. The second-order valence-electron chi connectivity index (χ2n) is 11.3. The van der Waals surface area contributed by atoms with E-state index in [0.29, 0.717) is 19.3 Å². The van der Waals surface area contributed by atoms with Gasteiger partial charge in [-0.25, -0.2) is 0 Å². The summed E-state index contributed by atoms with van der Waals surface area (Å²) in [5, 5.41) is 0. The van der Waals surface area contributed by atoms with Crippen LogP contribution in [0.5, 0.6) is 0 Å². The average Bonchev–Trinajstić information content (AvgIpc) is 3.62. The summed E-state index contributed by atoms with van der Waals surface area (Å²) in [4.78, 5) is 51.4. The number of hydrogen-bond donors (Lipinski definition) is 0. The van der Waals surface area contributed by atoms with E-state index in [1.54, 1.807) is 0 Å². The van der Waals surface area contributed by atoms with Crippen molar-refractivity contribution in [3.63, 3.8) is 0 Å². The van der Waals surface area contributed by atoms with Gasteiger partial charge in [0.25, 0.3) is 10.1 Å². The van der Waals surface area contributed by atoms with E-state index in [9.17, 15) is 27.6 Å². The van der Waals surface area contributed by atoms with Crippen molar-refractivity contribution in [2.75, 3.05) is 34.7 Å². The van der Waals surface area contributed by atoms with Crippen molar-refractivity contribution in [2.45, 2.75) is 25.4 Å².